The lowest BCUT2D eigenvalue weighted by Gasteiger charge is -2.27. The zero-order valence-electron chi connectivity index (χ0n) is 6.98. The summed E-state index contributed by atoms with van der Waals surface area (Å²) in [4.78, 5) is 0. The van der Waals surface area contributed by atoms with E-state index < -0.39 is 6.36 Å². The minimum absolute atomic E-state index is 0.0206. The van der Waals surface area contributed by atoms with Gasteiger partial charge in [0.15, 0.2) is 0 Å². The van der Waals surface area contributed by atoms with Gasteiger partial charge in [0.25, 0.3) is 0 Å². The van der Waals surface area contributed by atoms with Crippen molar-refractivity contribution in [2.45, 2.75) is 19.2 Å². The van der Waals surface area contributed by atoms with Crippen LogP contribution in [-0.2, 0) is 4.74 Å². The summed E-state index contributed by atoms with van der Waals surface area (Å²) in [5, 5.41) is 0. The fourth-order valence-corrected chi connectivity index (χ4v) is 2.26. The average Bonchev–Trinajstić information content (AvgIpc) is 2.00. The van der Waals surface area contributed by atoms with Gasteiger partial charge in [0, 0.05) is 36.0 Å². The Morgan fingerprint density at radius 1 is 1.46 bits per heavy atom. The van der Waals surface area contributed by atoms with Gasteiger partial charge >= 0.3 is 6.36 Å². The molecule has 0 N–H and O–H groups in total. The Balaban J connectivity index is 2.21. The molecule has 1 saturated heterocycles. The highest BCUT2D eigenvalue weighted by Crippen LogP contribution is 2.23. The summed E-state index contributed by atoms with van der Waals surface area (Å²) in [7, 11) is 0. The first kappa shape index (κ1) is 11.5. The number of halogens is 4. The molecule has 0 aliphatic carbocycles. The maximum Gasteiger partial charge on any atom is 0.522 e. The van der Waals surface area contributed by atoms with Crippen molar-refractivity contribution in [3.8, 4) is 0 Å². The summed E-state index contributed by atoms with van der Waals surface area (Å²) >= 11 is 2.13. The van der Waals surface area contributed by atoms with Crippen LogP contribution in [0, 0.1) is 5.92 Å². The molecular formula is C7H11F3INO. The second-order valence-corrected chi connectivity index (χ2v) is 4.50. The van der Waals surface area contributed by atoms with Gasteiger partial charge in [0.2, 0.25) is 0 Å². The minimum atomic E-state index is -4.48. The molecule has 0 aromatic rings. The molecule has 1 aliphatic heterocycles. The number of rotatable bonds is 2. The molecule has 0 aromatic carbocycles. The minimum Gasteiger partial charge on any atom is -0.292 e. The van der Waals surface area contributed by atoms with E-state index in [1.165, 1.54) is 0 Å². The van der Waals surface area contributed by atoms with Crippen molar-refractivity contribution in [3.63, 3.8) is 0 Å². The summed E-state index contributed by atoms with van der Waals surface area (Å²) in [6.07, 6.45) is -2.70. The Labute approximate surface area is 88.9 Å². The lowest BCUT2D eigenvalue weighted by Crippen LogP contribution is -2.32. The van der Waals surface area contributed by atoms with Crippen molar-refractivity contribution >= 4 is 22.9 Å². The molecule has 1 atom stereocenters. The molecule has 2 nitrogen and oxygen atoms in total. The van der Waals surface area contributed by atoms with E-state index in [0.29, 0.717) is 6.54 Å². The Bertz CT molecular complexity index is 164. The number of hydrogen-bond donors (Lipinski definition) is 0. The van der Waals surface area contributed by atoms with Gasteiger partial charge < -0.3 is 0 Å². The van der Waals surface area contributed by atoms with Gasteiger partial charge in [-0.05, 0) is 18.8 Å². The molecule has 0 spiro atoms. The Kier molecular flexibility index (Phi) is 4.24. The van der Waals surface area contributed by atoms with E-state index in [1.807, 2.05) is 3.11 Å². The van der Waals surface area contributed by atoms with Crippen molar-refractivity contribution in [1.82, 2.24) is 3.11 Å². The topological polar surface area (TPSA) is 12.5 Å². The SMILES string of the molecule is FC(F)(F)OCC1CCCN(I)C1. The zero-order chi connectivity index (χ0) is 9.90. The average molecular weight is 309 g/mol. The Morgan fingerprint density at radius 3 is 2.69 bits per heavy atom. The fourth-order valence-electron chi connectivity index (χ4n) is 1.36. The van der Waals surface area contributed by atoms with Crippen LogP contribution < -0.4 is 0 Å². The van der Waals surface area contributed by atoms with E-state index in [2.05, 4.69) is 27.6 Å². The van der Waals surface area contributed by atoms with E-state index in [9.17, 15) is 13.2 Å². The van der Waals surface area contributed by atoms with Crippen LogP contribution in [0.2, 0.25) is 0 Å². The van der Waals surface area contributed by atoms with E-state index >= 15 is 0 Å². The molecule has 78 valence electrons. The van der Waals surface area contributed by atoms with Crippen LogP contribution in [0.4, 0.5) is 13.2 Å². The molecule has 1 unspecified atom stereocenters. The second kappa shape index (κ2) is 4.79. The highest BCUT2D eigenvalue weighted by atomic mass is 127. The van der Waals surface area contributed by atoms with Crippen molar-refractivity contribution in [1.29, 1.82) is 0 Å². The molecular weight excluding hydrogens is 298 g/mol. The first-order chi connectivity index (χ1) is 5.97. The van der Waals surface area contributed by atoms with Crippen LogP contribution in [0.5, 0.6) is 0 Å². The molecule has 6 heteroatoms. The van der Waals surface area contributed by atoms with Crippen LogP contribution in [0.3, 0.4) is 0 Å². The number of nitrogens with zero attached hydrogens (tertiary/aromatic N) is 1. The summed E-state index contributed by atoms with van der Waals surface area (Å²) in [6.45, 7) is 1.45. The first-order valence-electron chi connectivity index (χ1n) is 4.09. The predicted molar refractivity (Wildman–Crippen MR) is 50.3 cm³/mol. The van der Waals surface area contributed by atoms with Crippen LogP contribution >= 0.6 is 22.9 Å². The van der Waals surface area contributed by atoms with E-state index in [0.717, 1.165) is 19.4 Å². The third kappa shape index (κ3) is 5.02. The number of ether oxygens (including phenoxy) is 1. The predicted octanol–water partition coefficient (Wildman–Crippen LogP) is 2.58. The maximum absolute atomic E-state index is 11.7. The van der Waals surface area contributed by atoms with Crippen LogP contribution in [0.25, 0.3) is 0 Å². The highest BCUT2D eigenvalue weighted by Gasteiger charge is 2.31. The lowest BCUT2D eigenvalue weighted by atomic mass is 10.0. The van der Waals surface area contributed by atoms with Crippen LogP contribution in [0.1, 0.15) is 12.8 Å². The molecule has 1 rings (SSSR count). The third-order valence-electron chi connectivity index (χ3n) is 1.95. The zero-order valence-corrected chi connectivity index (χ0v) is 9.14. The summed E-state index contributed by atoms with van der Waals surface area (Å²) in [5.74, 6) is 0.0206. The van der Waals surface area contributed by atoms with Gasteiger partial charge in [-0.25, -0.2) is 3.11 Å². The van der Waals surface area contributed by atoms with Gasteiger partial charge in [-0.15, -0.1) is 13.2 Å². The lowest BCUT2D eigenvalue weighted by molar-refractivity contribution is -0.328. The molecule has 0 radical (unpaired) electrons. The van der Waals surface area contributed by atoms with Crippen molar-refractivity contribution in [2.24, 2.45) is 5.92 Å². The first-order valence-corrected chi connectivity index (χ1v) is 5.05. The number of hydrogen-bond acceptors (Lipinski definition) is 2. The standard InChI is InChI=1S/C7H11F3INO/c8-7(9,10)13-5-6-2-1-3-12(11)4-6/h6H,1-5H2. The van der Waals surface area contributed by atoms with E-state index in [1.54, 1.807) is 0 Å². The van der Waals surface area contributed by atoms with Crippen molar-refractivity contribution in [3.05, 3.63) is 0 Å². The van der Waals surface area contributed by atoms with Gasteiger partial charge in [0.1, 0.15) is 0 Å². The molecule has 0 amide bonds. The number of piperidine rings is 1. The van der Waals surface area contributed by atoms with Crippen LogP contribution in [0.15, 0.2) is 0 Å². The monoisotopic (exact) mass is 309 g/mol. The van der Waals surface area contributed by atoms with E-state index in [4.69, 9.17) is 0 Å². The third-order valence-corrected chi connectivity index (χ3v) is 2.83. The summed E-state index contributed by atoms with van der Waals surface area (Å²) in [5.41, 5.74) is 0. The van der Waals surface area contributed by atoms with Crippen molar-refractivity contribution in [2.75, 3.05) is 19.7 Å². The summed E-state index contributed by atoms with van der Waals surface area (Å²) < 4.78 is 40.8. The molecule has 0 aromatic heterocycles. The molecule has 0 saturated carbocycles. The molecule has 1 heterocycles. The van der Waals surface area contributed by atoms with Gasteiger partial charge in [0.05, 0.1) is 6.61 Å². The largest absolute Gasteiger partial charge is 0.522 e. The second-order valence-electron chi connectivity index (χ2n) is 3.13. The number of alkyl halides is 3. The quantitative estimate of drug-likeness (QED) is 0.574. The van der Waals surface area contributed by atoms with E-state index in [-0.39, 0.29) is 12.5 Å². The fraction of sp³-hybridized carbons (Fsp3) is 1.00. The molecule has 13 heavy (non-hydrogen) atoms. The smallest absolute Gasteiger partial charge is 0.292 e. The van der Waals surface area contributed by atoms with Gasteiger partial charge in [-0.1, -0.05) is 0 Å². The van der Waals surface area contributed by atoms with Gasteiger partial charge in [-0.2, -0.15) is 0 Å². The highest BCUT2D eigenvalue weighted by molar-refractivity contribution is 14.1. The molecule has 0 bridgehead atoms. The van der Waals surface area contributed by atoms with Gasteiger partial charge in [-0.3, -0.25) is 4.74 Å². The maximum atomic E-state index is 11.7. The molecule has 1 fully saturated rings. The Hall–Kier alpha value is 0.440. The molecule has 1 aliphatic rings. The summed E-state index contributed by atoms with van der Waals surface area (Å²) in [6, 6.07) is 0. The van der Waals surface area contributed by atoms with Crippen molar-refractivity contribution < 1.29 is 17.9 Å². The Morgan fingerprint density at radius 2 is 2.15 bits per heavy atom. The normalized spacial score (nSPS) is 26.3. The van der Waals surface area contributed by atoms with Crippen LogP contribution in [-0.4, -0.2) is 29.2 Å².